The van der Waals surface area contributed by atoms with Crippen LogP contribution in [0, 0.1) is 0 Å². The third-order valence-corrected chi connectivity index (χ3v) is 9.70. The molecule has 0 aromatic heterocycles. The molecule has 240 valence electrons. The monoisotopic (exact) mass is 705 g/mol. The Labute approximate surface area is 284 Å². The first kappa shape index (κ1) is 32.9. The molecule has 3 aromatic rings. The van der Waals surface area contributed by atoms with Crippen molar-refractivity contribution in [1.82, 2.24) is 4.90 Å². The van der Waals surface area contributed by atoms with Crippen LogP contribution in [0.4, 0.5) is 0 Å². The van der Waals surface area contributed by atoms with Crippen LogP contribution in [0.1, 0.15) is 55.8 Å². The molecule has 0 unspecified atom stereocenters. The number of esters is 1. The van der Waals surface area contributed by atoms with E-state index in [1.165, 1.54) is 0 Å². The van der Waals surface area contributed by atoms with Crippen LogP contribution in [0.15, 0.2) is 73.3 Å². The van der Waals surface area contributed by atoms with Gasteiger partial charge >= 0.3 is 5.97 Å². The van der Waals surface area contributed by atoms with Gasteiger partial charge in [-0.15, -0.1) is 6.58 Å². The quantitative estimate of drug-likeness (QED) is 0.0570. The summed E-state index contributed by atoms with van der Waals surface area (Å²) < 4.78 is 31.1. The molecule has 0 bridgehead atoms. The molecule has 46 heavy (non-hydrogen) atoms. The molecule has 3 aromatic carbocycles. The fourth-order valence-corrected chi connectivity index (χ4v) is 6.73. The van der Waals surface area contributed by atoms with Gasteiger partial charge in [0, 0.05) is 5.56 Å². The van der Waals surface area contributed by atoms with Crippen molar-refractivity contribution in [3.8, 4) is 0 Å². The zero-order valence-electron chi connectivity index (χ0n) is 24.1. The van der Waals surface area contributed by atoms with Crippen LogP contribution < -0.4 is 0 Å². The molecule has 13 heteroatoms. The number of nitrogens with zero attached hydrogens (tertiary/aromatic N) is 1. The molecular weight excluding hydrogens is 680 g/mol. The molecule has 0 spiro atoms. The lowest BCUT2D eigenvalue weighted by molar-refractivity contribution is -0.348. The van der Waals surface area contributed by atoms with Crippen LogP contribution in [0.25, 0.3) is 0 Å². The number of benzene rings is 3. The lowest BCUT2D eigenvalue weighted by Gasteiger charge is -2.50. The predicted octanol–water partition coefficient (Wildman–Crippen LogP) is 7.31. The maximum absolute atomic E-state index is 14.1. The summed E-state index contributed by atoms with van der Waals surface area (Å²) >= 11 is 25.5. The number of carbonyl (C=O) groups excluding carboxylic acids is 3. The molecule has 0 N–H and O–H groups in total. The number of unbranched alkanes of at least 4 members (excludes halogenated alkanes) is 1. The van der Waals surface area contributed by atoms with Gasteiger partial charge in [-0.25, -0.2) is 4.79 Å². The van der Waals surface area contributed by atoms with Crippen LogP contribution in [0.3, 0.4) is 0 Å². The minimum Gasteiger partial charge on any atom is -0.453 e. The van der Waals surface area contributed by atoms with E-state index in [1.807, 2.05) is 30.3 Å². The maximum Gasteiger partial charge on any atom is 0.338 e. The largest absolute Gasteiger partial charge is 0.453 e. The highest BCUT2D eigenvalue weighted by Gasteiger charge is 2.59. The summed E-state index contributed by atoms with van der Waals surface area (Å²) in [5.74, 6) is -2.40. The number of hydrogen-bond acceptors (Lipinski definition) is 8. The molecule has 6 rings (SSSR count). The Balaban J connectivity index is 1.44. The van der Waals surface area contributed by atoms with Crippen LogP contribution in [-0.4, -0.2) is 66.5 Å². The summed E-state index contributed by atoms with van der Waals surface area (Å²) in [6, 6.07) is 16.1. The van der Waals surface area contributed by atoms with E-state index in [2.05, 4.69) is 6.58 Å². The number of allylic oxidation sites excluding steroid dienone is 1. The van der Waals surface area contributed by atoms with Gasteiger partial charge in [-0.05, 0) is 25.0 Å². The Bertz CT molecular complexity index is 1610. The van der Waals surface area contributed by atoms with Crippen LogP contribution >= 0.6 is 46.4 Å². The lowest BCUT2D eigenvalue weighted by atomic mass is 9.94. The van der Waals surface area contributed by atoms with Gasteiger partial charge < -0.3 is 23.7 Å². The van der Waals surface area contributed by atoms with Crippen LogP contribution in [0.5, 0.6) is 0 Å². The Morgan fingerprint density at radius 1 is 0.891 bits per heavy atom. The molecule has 3 aliphatic heterocycles. The first-order valence-electron chi connectivity index (χ1n) is 14.4. The molecule has 3 heterocycles. The lowest BCUT2D eigenvalue weighted by Crippen LogP contribution is -2.68. The van der Waals surface area contributed by atoms with E-state index in [-0.39, 0.29) is 50.0 Å². The first-order chi connectivity index (χ1) is 22.2. The fourth-order valence-electron chi connectivity index (χ4n) is 5.71. The van der Waals surface area contributed by atoms with E-state index >= 15 is 0 Å². The molecular formula is C33H27Cl4NO8. The average molecular weight is 707 g/mol. The number of imide groups is 1. The van der Waals surface area contributed by atoms with Crippen molar-refractivity contribution >= 4 is 64.2 Å². The van der Waals surface area contributed by atoms with E-state index in [4.69, 9.17) is 70.1 Å². The van der Waals surface area contributed by atoms with E-state index < -0.39 is 54.7 Å². The summed E-state index contributed by atoms with van der Waals surface area (Å²) in [6.07, 6.45) is -2.31. The second-order valence-electron chi connectivity index (χ2n) is 10.7. The molecule has 2 amide bonds. The number of amides is 2. The zero-order valence-corrected chi connectivity index (χ0v) is 27.1. The predicted molar refractivity (Wildman–Crippen MR) is 170 cm³/mol. The number of halogens is 4. The summed E-state index contributed by atoms with van der Waals surface area (Å²) in [6.45, 7) is 3.94. The number of rotatable bonds is 9. The van der Waals surface area contributed by atoms with E-state index in [1.54, 1.807) is 36.4 Å². The summed E-state index contributed by atoms with van der Waals surface area (Å²) in [5.41, 5.74) is 0.479. The number of carbonyl (C=O) groups is 3. The number of hydrogen-bond donors (Lipinski definition) is 0. The topological polar surface area (TPSA) is 101 Å². The molecule has 2 fully saturated rings. The number of ether oxygens (including phenoxy) is 5. The van der Waals surface area contributed by atoms with Gasteiger partial charge in [0.15, 0.2) is 18.7 Å². The SMILES string of the molecule is C=CCCCO[C@@H]1O[C@@H]2CO[C@@H](c3ccccc3)O[C@H]2[C@H](OC(=O)c2ccccc2)[C@H]1N1C(=O)c2c(Cl)c(Cl)c(Cl)c(Cl)c2C1=O. The first-order valence-corrected chi connectivity index (χ1v) is 15.9. The van der Waals surface area contributed by atoms with E-state index in [9.17, 15) is 14.4 Å². The van der Waals surface area contributed by atoms with Crippen molar-refractivity contribution in [2.75, 3.05) is 13.2 Å². The van der Waals surface area contributed by atoms with Crippen molar-refractivity contribution in [3.05, 3.63) is 116 Å². The van der Waals surface area contributed by atoms with Gasteiger partial charge in [-0.2, -0.15) is 0 Å². The van der Waals surface area contributed by atoms with E-state index in [0.29, 0.717) is 18.4 Å². The zero-order chi connectivity index (χ0) is 32.5. The molecule has 0 saturated carbocycles. The van der Waals surface area contributed by atoms with Crippen molar-refractivity contribution in [1.29, 1.82) is 0 Å². The highest BCUT2D eigenvalue weighted by molar-refractivity contribution is 6.55. The number of fused-ring (bicyclic) bond motifs is 2. The van der Waals surface area contributed by atoms with Crippen LogP contribution in [-0.2, 0) is 23.7 Å². The van der Waals surface area contributed by atoms with Gasteiger partial charge in [0.2, 0.25) is 0 Å². The van der Waals surface area contributed by atoms with Gasteiger partial charge in [0.1, 0.15) is 18.2 Å². The molecule has 2 saturated heterocycles. The normalized spacial score (nSPS) is 25.6. The minimum atomic E-state index is -1.36. The highest BCUT2D eigenvalue weighted by Crippen LogP contribution is 2.47. The summed E-state index contributed by atoms with van der Waals surface area (Å²) in [5, 5.41) is -0.848. The molecule has 0 aliphatic carbocycles. The highest BCUT2D eigenvalue weighted by atomic mass is 35.5. The summed E-state index contributed by atoms with van der Waals surface area (Å²) in [7, 11) is 0. The van der Waals surface area contributed by atoms with Crippen molar-refractivity contribution in [2.24, 2.45) is 0 Å². The molecule has 6 atom stereocenters. The Morgan fingerprint density at radius 2 is 1.50 bits per heavy atom. The molecule has 3 aliphatic rings. The van der Waals surface area contributed by atoms with Crippen molar-refractivity contribution in [3.63, 3.8) is 0 Å². The third-order valence-electron chi connectivity index (χ3n) is 7.90. The summed E-state index contributed by atoms with van der Waals surface area (Å²) in [4.78, 5) is 42.8. The van der Waals surface area contributed by atoms with Gasteiger partial charge in [0.05, 0.1) is 50.0 Å². The maximum atomic E-state index is 14.1. The average Bonchev–Trinajstić information content (AvgIpc) is 3.34. The minimum absolute atomic E-state index is 0.0356. The second-order valence-corrected chi connectivity index (χ2v) is 12.2. The van der Waals surface area contributed by atoms with Gasteiger partial charge in [-0.1, -0.05) is 101 Å². The van der Waals surface area contributed by atoms with Crippen molar-refractivity contribution in [2.45, 2.75) is 49.8 Å². The standard InChI is InChI=1S/C33H27Cl4NO8/c1-2-3-10-15-42-33-26(38-29(39)20-21(30(38)40)23(35)25(37)24(36)22(20)34)28(45-31(41)17-11-6-4-7-12-17)27-19(44-33)16-43-32(46-27)18-13-8-5-9-14-18/h2,4-9,11-14,19,26-28,32-33H,1,3,10,15-16H2/t19-,26-,27-,28-,32-,33-/m1/s1. The molecule has 0 radical (unpaired) electrons. The smallest absolute Gasteiger partial charge is 0.338 e. The van der Waals surface area contributed by atoms with Crippen molar-refractivity contribution < 1.29 is 38.1 Å². The Kier molecular flexibility index (Phi) is 10.0. The fraction of sp³-hybridized carbons (Fsp3) is 0.303. The molecule has 9 nitrogen and oxygen atoms in total. The van der Waals surface area contributed by atoms with E-state index in [0.717, 1.165) is 4.90 Å². The van der Waals surface area contributed by atoms with Gasteiger partial charge in [-0.3, -0.25) is 14.5 Å². The van der Waals surface area contributed by atoms with Crippen LogP contribution in [0.2, 0.25) is 20.1 Å². The van der Waals surface area contributed by atoms with Gasteiger partial charge in [0.25, 0.3) is 11.8 Å². The third kappa shape index (κ3) is 6.07. The Morgan fingerprint density at radius 3 is 2.11 bits per heavy atom. The Hall–Kier alpha value is -2.99. The second kappa shape index (κ2) is 14.0.